The average Bonchev–Trinajstić information content (AvgIpc) is 3.52. The normalized spacial score (nSPS) is 13.5. The number of terminal acetylenes is 1. The van der Waals surface area contributed by atoms with Gasteiger partial charge in [0, 0.05) is 33.1 Å². The first kappa shape index (κ1) is 34.7. The highest BCUT2D eigenvalue weighted by atomic mass is 35.5. The Labute approximate surface area is 248 Å². The number of aldehydes is 1. The first-order valence-corrected chi connectivity index (χ1v) is 14.9. The van der Waals surface area contributed by atoms with Gasteiger partial charge in [-0.25, -0.2) is 0 Å². The van der Waals surface area contributed by atoms with Crippen molar-refractivity contribution in [1.82, 2.24) is 9.80 Å². The van der Waals surface area contributed by atoms with Crippen molar-refractivity contribution in [3.63, 3.8) is 0 Å². The molecule has 9 heteroatoms. The van der Waals surface area contributed by atoms with Crippen molar-refractivity contribution in [2.75, 3.05) is 37.2 Å². The number of nitrogens with zero attached hydrogens (tertiary/aromatic N) is 2. The molecule has 216 valence electrons. The van der Waals surface area contributed by atoms with Crippen LogP contribution >= 0.6 is 23.4 Å². The van der Waals surface area contributed by atoms with Gasteiger partial charge in [-0.05, 0) is 51.2 Å². The van der Waals surface area contributed by atoms with Gasteiger partial charge >= 0.3 is 0 Å². The Morgan fingerprint density at radius 2 is 1.93 bits per heavy atom. The lowest BCUT2D eigenvalue weighted by Gasteiger charge is -2.20. The molecule has 7 nitrogen and oxygen atoms in total. The number of carbonyl (C=O) groups is 3. The lowest BCUT2D eigenvalue weighted by Crippen LogP contribution is -2.29. The minimum absolute atomic E-state index is 0.147. The monoisotopic (exact) mass is 584 g/mol. The van der Waals surface area contributed by atoms with Crippen LogP contribution in [-0.2, 0) is 4.79 Å². The molecule has 2 rings (SSSR count). The first-order chi connectivity index (χ1) is 19.4. The van der Waals surface area contributed by atoms with Crippen LogP contribution < -0.4 is 5.32 Å². The number of rotatable bonds is 14. The molecular weight excluding hydrogens is 544 g/mol. The highest BCUT2D eigenvalue weighted by molar-refractivity contribution is 8.05. The Kier molecular flexibility index (Phi) is 17.1. The summed E-state index contributed by atoms with van der Waals surface area (Å²) in [5.74, 6) is 0.0435. The van der Waals surface area contributed by atoms with Crippen LogP contribution in [0.3, 0.4) is 0 Å². The van der Waals surface area contributed by atoms with Crippen molar-refractivity contribution < 1.29 is 14.4 Å². The standard InChI is InChI=1S/C29H39ClN4O3S.C2H2/c1-4-11-22(12-6-7-15-27(31)34-17-8-9-18-34)16-19-33(3)29(37)23-13-10-14-25(24(23)20-35)32-28(36)26(5-2)38-21-30;1-2/h5-6,10-14,20,31H,4,7-9,15-19,21H2,1-3H3,(H,32,36);1-2H/b12-6-,22-11+,26-5-,31-27?;. The minimum Gasteiger partial charge on any atom is -0.361 e. The van der Waals surface area contributed by atoms with Gasteiger partial charge in [0.05, 0.1) is 32.8 Å². The summed E-state index contributed by atoms with van der Waals surface area (Å²) in [6.45, 7) is 6.28. The molecule has 1 fully saturated rings. The number of thioether (sulfide) groups is 1. The summed E-state index contributed by atoms with van der Waals surface area (Å²) in [6.07, 6.45) is 22.0. The van der Waals surface area contributed by atoms with E-state index < -0.39 is 0 Å². The number of likely N-dealkylation sites (tertiary alicyclic amines) is 1. The number of anilines is 1. The van der Waals surface area contributed by atoms with Crippen LogP contribution in [0.25, 0.3) is 0 Å². The Morgan fingerprint density at radius 3 is 2.52 bits per heavy atom. The maximum Gasteiger partial charge on any atom is 0.261 e. The summed E-state index contributed by atoms with van der Waals surface area (Å²) in [7, 11) is 1.71. The number of carbonyl (C=O) groups excluding carboxylic acids is 3. The first-order valence-electron chi connectivity index (χ1n) is 13.4. The highest BCUT2D eigenvalue weighted by Gasteiger charge is 2.20. The van der Waals surface area contributed by atoms with Gasteiger partial charge in [-0.1, -0.05) is 42.9 Å². The van der Waals surface area contributed by atoms with Crippen molar-refractivity contribution in [3.8, 4) is 12.8 Å². The Balaban J connectivity index is 0.00000391. The fraction of sp³-hybridized carbons (Fsp3) is 0.419. The van der Waals surface area contributed by atoms with Crippen molar-refractivity contribution in [3.05, 3.63) is 64.1 Å². The molecule has 0 unspecified atom stereocenters. The Hall–Kier alpha value is -3.28. The number of halogens is 1. The van der Waals surface area contributed by atoms with Gasteiger partial charge in [0.15, 0.2) is 6.29 Å². The summed E-state index contributed by atoms with van der Waals surface area (Å²) in [5, 5.41) is 11.2. The molecular formula is C31H41ClN4O3S. The van der Waals surface area contributed by atoms with Crippen molar-refractivity contribution in [2.24, 2.45) is 0 Å². The number of amidine groups is 1. The maximum absolute atomic E-state index is 13.2. The second kappa shape index (κ2) is 19.7. The van der Waals surface area contributed by atoms with E-state index in [4.69, 9.17) is 17.0 Å². The predicted molar refractivity (Wildman–Crippen MR) is 169 cm³/mol. The molecule has 1 heterocycles. The SMILES string of the molecule is C#C.C/C=C(\SCCl)C(=O)Nc1cccc(C(=O)N(C)CCC(/C=C\CCC(=N)N2CCCC2)=C/CC)c1C=O. The fourth-order valence-electron chi connectivity index (χ4n) is 4.23. The molecule has 0 aliphatic carbocycles. The van der Waals surface area contributed by atoms with Gasteiger partial charge in [0.25, 0.3) is 11.8 Å². The van der Waals surface area contributed by atoms with E-state index in [0.29, 0.717) is 30.0 Å². The number of hydrogen-bond acceptors (Lipinski definition) is 5. The molecule has 0 bridgehead atoms. The van der Waals surface area contributed by atoms with Crippen LogP contribution in [0.1, 0.15) is 73.1 Å². The predicted octanol–water partition coefficient (Wildman–Crippen LogP) is 6.73. The summed E-state index contributed by atoms with van der Waals surface area (Å²) < 4.78 is 0. The summed E-state index contributed by atoms with van der Waals surface area (Å²) in [5.41, 5.74) is 1.80. The second-order valence-electron chi connectivity index (χ2n) is 8.99. The quantitative estimate of drug-likeness (QED) is 0.0481. The van der Waals surface area contributed by atoms with Gasteiger partial charge in [0.1, 0.15) is 0 Å². The van der Waals surface area contributed by atoms with E-state index in [1.54, 1.807) is 43.1 Å². The van der Waals surface area contributed by atoms with E-state index in [-0.39, 0.29) is 33.8 Å². The zero-order valence-corrected chi connectivity index (χ0v) is 25.3. The van der Waals surface area contributed by atoms with E-state index in [2.05, 4.69) is 48.2 Å². The molecule has 0 atom stereocenters. The molecule has 40 heavy (non-hydrogen) atoms. The lowest BCUT2D eigenvalue weighted by molar-refractivity contribution is -0.112. The highest BCUT2D eigenvalue weighted by Crippen LogP contribution is 2.24. The molecule has 1 aromatic rings. The largest absolute Gasteiger partial charge is 0.361 e. The minimum atomic E-state index is -0.379. The molecule has 1 aliphatic rings. The number of hydrogen-bond donors (Lipinski definition) is 2. The zero-order chi connectivity index (χ0) is 29.9. The van der Waals surface area contributed by atoms with Gasteiger partial charge in [-0.3, -0.25) is 19.8 Å². The van der Waals surface area contributed by atoms with Gasteiger partial charge < -0.3 is 15.1 Å². The van der Waals surface area contributed by atoms with Crippen molar-refractivity contribution >= 4 is 53.0 Å². The second-order valence-corrected chi connectivity index (χ2v) is 10.6. The van der Waals surface area contributed by atoms with Crippen molar-refractivity contribution in [1.29, 1.82) is 5.41 Å². The number of allylic oxidation sites excluding steroid dienone is 4. The third kappa shape index (κ3) is 11.1. The van der Waals surface area contributed by atoms with E-state index in [1.165, 1.54) is 24.6 Å². The molecule has 0 radical (unpaired) electrons. The van der Waals surface area contributed by atoms with Gasteiger partial charge in [0.2, 0.25) is 0 Å². The Morgan fingerprint density at radius 1 is 1.23 bits per heavy atom. The molecule has 2 amide bonds. The molecule has 2 N–H and O–H groups in total. The smallest absolute Gasteiger partial charge is 0.261 e. The third-order valence-corrected chi connectivity index (χ3v) is 7.48. The van der Waals surface area contributed by atoms with Crippen LogP contribution in [0.5, 0.6) is 0 Å². The lowest BCUT2D eigenvalue weighted by atomic mass is 10.0. The van der Waals surface area contributed by atoms with E-state index in [1.807, 2.05) is 0 Å². The Bertz CT molecular complexity index is 1120. The zero-order valence-electron chi connectivity index (χ0n) is 23.7. The number of nitrogens with one attached hydrogen (secondary N) is 2. The maximum atomic E-state index is 13.2. The van der Waals surface area contributed by atoms with Crippen LogP contribution in [0.4, 0.5) is 5.69 Å². The third-order valence-electron chi connectivity index (χ3n) is 6.32. The van der Waals surface area contributed by atoms with Crippen molar-refractivity contribution in [2.45, 2.75) is 52.4 Å². The fourth-order valence-corrected chi connectivity index (χ4v) is 5.05. The van der Waals surface area contributed by atoms with E-state index in [0.717, 1.165) is 37.9 Å². The van der Waals surface area contributed by atoms with E-state index in [9.17, 15) is 14.4 Å². The van der Waals surface area contributed by atoms with Gasteiger partial charge in [-0.15, -0.1) is 36.2 Å². The average molecular weight is 585 g/mol. The van der Waals surface area contributed by atoms with Crippen LogP contribution in [-0.4, -0.2) is 65.6 Å². The summed E-state index contributed by atoms with van der Waals surface area (Å²) in [4.78, 5) is 41.9. The molecule has 0 saturated carbocycles. The molecule has 0 spiro atoms. The number of alkyl halides is 1. The summed E-state index contributed by atoms with van der Waals surface area (Å²) >= 11 is 6.93. The topological polar surface area (TPSA) is 93.6 Å². The molecule has 1 aliphatic heterocycles. The molecule has 1 saturated heterocycles. The van der Waals surface area contributed by atoms with Gasteiger partial charge in [-0.2, -0.15) is 0 Å². The van der Waals surface area contributed by atoms with Crippen LogP contribution in [0.2, 0.25) is 0 Å². The van der Waals surface area contributed by atoms with Crippen LogP contribution in [0.15, 0.2) is 53.0 Å². The van der Waals surface area contributed by atoms with Crippen LogP contribution in [0, 0.1) is 18.3 Å². The number of benzene rings is 1. The molecule has 0 aromatic heterocycles. The molecule has 1 aromatic carbocycles. The summed E-state index contributed by atoms with van der Waals surface area (Å²) in [6, 6.07) is 4.85. The number of amides is 2. The van der Waals surface area contributed by atoms with E-state index >= 15 is 0 Å².